The van der Waals surface area contributed by atoms with Gasteiger partial charge in [-0.25, -0.2) is 4.39 Å². The molecule has 1 nitrogen and oxygen atoms in total. The molecule has 2 unspecified atom stereocenters. The second-order valence-corrected chi connectivity index (χ2v) is 5.47. The molecule has 1 aliphatic heterocycles. The lowest BCUT2D eigenvalue weighted by Gasteiger charge is -2.16. The van der Waals surface area contributed by atoms with Crippen molar-refractivity contribution in [2.75, 3.05) is 5.75 Å². The molecule has 1 fully saturated rings. The predicted octanol–water partition coefficient (Wildman–Crippen LogP) is 2.81. The average molecular weight is 225 g/mol. The van der Waals surface area contributed by atoms with Crippen molar-refractivity contribution in [2.24, 2.45) is 0 Å². The second kappa shape index (κ2) is 4.99. The van der Waals surface area contributed by atoms with Crippen molar-refractivity contribution in [2.45, 2.75) is 31.2 Å². The lowest BCUT2D eigenvalue weighted by Crippen LogP contribution is -2.32. The van der Waals surface area contributed by atoms with Gasteiger partial charge in [-0.15, -0.1) is 0 Å². The molecule has 2 atom stereocenters. The standard InChI is InChI=1S/C12H16FNS/c1-9-12(5-6-15-9)14-8-10-3-2-4-11(13)7-10/h2-4,7,9,12,14H,5-6,8H2,1H3. The SMILES string of the molecule is CC1SCCC1NCc1cccc(F)c1. The van der Waals surface area contributed by atoms with Crippen LogP contribution in [0.2, 0.25) is 0 Å². The Morgan fingerprint density at radius 3 is 3.07 bits per heavy atom. The fraction of sp³-hybridized carbons (Fsp3) is 0.500. The smallest absolute Gasteiger partial charge is 0.123 e. The van der Waals surface area contributed by atoms with Crippen LogP contribution in [0.4, 0.5) is 4.39 Å². The highest BCUT2D eigenvalue weighted by molar-refractivity contribution is 8.00. The first kappa shape index (κ1) is 11.0. The Balaban J connectivity index is 1.87. The number of halogens is 1. The maximum atomic E-state index is 12.9. The Morgan fingerprint density at radius 2 is 2.40 bits per heavy atom. The third-order valence-corrected chi connectivity index (χ3v) is 4.16. The number of thioether (sulfide) groups is 1. The van der Waals surface area contributed by atoms with E-state index in [0.29, 0.717) is 11.3 Å². The van der Waals surface area contributed by atoms with E-state index < -0.39 is 0 Å². The number of nitrogens with one attached hydrogen (secondary N) is 1. The number of hydrogen-bond acceptors (Lipinski definition) is 2. The third kappa shape index (κ3) is 2.95. The van der Waals surface area contributed by atoms with Gasteiger partial charge in [-0.2, -0.15) is 11.8 Å². The summed E-state index contributed by atoms with van der Waals surface area (Å²) in [6.45, 7) is 3.02. The van der Waals surface area contributed by atoms with Crippen LogP contribution in [0.1, 0.15) is 18.9 Å². The van der Waals surface area contributed by atoms with Crippen LogP contribution in [0, 0.1) is 5.82 Å². The molecule has 1 aliphatic rings. The summed E-state index contributed by atoms with van der Waals surface area (Å²) in [5.74, 6) is 1.09. The van der Waals surface area contributed by atoms with Gasteiger partial charge in [0.15, 0.2) is 0 Å². The zero-order chi connectivity index (χ0) is 10.7. The van der Waals surface area contributed by atoms with Crippen molar-refractivity contribution in [1.29, 1.82) is 0 Å². The van der Waals surface area contributed by atoms with E-state index in [9.17, 15) is 4.39 Å². The van der Waals surface area contributed by atoms with E-state index in [2.05, 4.69) is 12.2 Å². The van der Waals surface area contributed by atoms with Gasteiger partial charge in [-0.1, -0.05) is 19.1 Å². The molecule has 1 N–H and O–H groups in total. The van der Waals surface area contributed by atoms with Gasteiger partial charge in [0.2, 0.25) is 0 Å². The molecule has 0 aliphatic carbocycles. The lowest BCUT2D eigenvalue weighted by atomic mass is 10.1. The quantitative estimate of drug-likeness (QED) is 0.849. The van der Waals surface area contributed by atoms with Crippen molar-refractivity contribution in [1.82, 2.24) is 5.32 Å². The summed E-state index contributed by atoms with van der Waals surface area (Å²) in [4.78, 5) is 0. The molecule has 1 aromatic rings. The minimum absolute atomic E-state index is 0.150. The Kier molecular flexibility index (Phi) is 3.65. The van der Waals surface area contributed by atoms with E-state index in [0.717, 1.165) is 12.1 Å². The highest BCUT2D eigenvalue weighted by Gasteiger charge is 2.22. The van der Waals surface area contributed by atoms with E-state index in [1.54, 1.807) is 12.1 Å². The van der Waals surface area contributed by atoms with Crippen LogP contribution in [-0.4, -0.2) is 17.0 Å². The molecule has 15 heavy (non-hydrogen) atoms. The summed E-state index contributed by atoms with van der Waals surface area (Å²) >= 11 is 2.01. The average Bonchev–Trinajstić information content (AvgIpc) is 2.61. The van der Waals surface area contributed by atoms with Gasteiger partial charge >= 0.3 is 0 Å². The van der Waals surface area contributed by atoms with Gasteiger partial charge in [-0.3, -0.25) is 0 Å². The number of rotatable bonds is 3. The maximum absolute atomic E-state index is 12.9. The Labute approximate surface area is 94.5 Å². The van der Waals surface area contributed by atoms with Gasteiger partial charge in [0.1, 0.15) is 5.82 Å². The van der Waals surface area contributed by atoms with Crippen LogP contribution in [0.25, 0.3) is 0 Å². The summed E-state index contributed by atoms with van der Waals surface area (Å²) in [7, 11) is 0. The summed E-state index contributed by atoms with van der Waals surface area (Å²) < 4.78 is 12.9. The van der Waals surface area contributed by atoms with Gasteiger partial charge < -0.3 is 5.32 Å². The molecule has 1 aromatic carbocycles. The van der Waals surface area contributed by atoms with Crippen molar-refractivity contribution < 1.29 is 4.39 Å². The predicted molar refractivity (Wildman–Crippen MR) is 63.6 cm³/mol. The van der Waals surface area contributed by atoms with Crippen LogP contribution in [0.3, 0.4) is 0 Å². The summed E-state index contributed by atoms with van der Waals surface area (Å²) in [6.07, 6.45) is 1.22. The maximum Gasteiger partial charge on any atom is 0.123 e. The zero-order valence-electron chi connectivity index (χ0n) is 8.87. The Morgan fingerprint density at radius 1 is 1.53 bits per heavy atom. The van der Waals surface area contributed by atoms with E-state index in [1.165, 1.54) is 18.2 Å². The topological polar surface area (TPSA) is 12.0 Å². The largest absolute Gasteiger partial charge is 0.309 e. The Hall–Kier alpha value is -0.540. The first-order chi connectivity index (χ1) is 7.25. The van der Waals surface area contributed by atoms with E-state index in [-0.39, 0.29) is 5.82 Å². The number of benzene rings is 1. The fourth-order valence-electron chi connectivity index (χ4n) is 1.90. The van der Waals surface area contributed by atoms with Crippen molar-refractivity contribution >= 4 is 11.8 Å². The van der Waals surface area contributed by atoms with Crippen molar-refractivity contribution in [3.63, 3.8) is 0 Å². The van der Waals surface area contributed by atoms with Gasteiger partial charge in [0.05, 0.1) is 0 Å². The van der Waals surface area contributed by atoms with Crippen LogP contribution in [0.5, 0.6) is 0 Å². The van der Waals surface area contributed by atoms with Crippen LogP contribution < -0.4 is 5.32 Å². The van der Waals surface area contributed by atoms with Crippen LogP contribution >= 0.6 is 11.8 Å². The summed E-state index contributed by atoms with van der Waals surface area (Å²) in [5.41, 5.74) is 1.03. The van der Waals surface area contributed by atoms with Gasteiger partial charge in [0, 0.05) is 17.8 Å². The van der Waals surface area contributed by atoms with E-state index in [1.807, 2.05) is 17.8 Å². The second-order valence-electron chi connectivity index (χ2n) is 3.98. The first-order valence-electron chi connectivity index (χ1n) is 5.35. The molecule has 82 valence electrons. The molecule has 0 bridgehead atoms. The highest BCUT2D eigenvalue weighted by Crippen LogP contribution is 2.26. The van der Waals surface area contributed by atoms with Gasteiger partial charge in [0.25, 0.3) is 0 Å². The van der Waals surface area contributed by atoms with Crippen LogP contribution in [-0.2, 0) is 6.54 Å². The van der Waals surface area contributed by atoms with Gasteiger partial charge in [-0.05, 0) is 29.9 Å². The molecule has 0 radical (unpaired) electrons. The van der Waals surface area contributed by atoms with Crippen molar-refractivity contribution in [3.8, 4) is 0 Å². The monoisotopic (exact) mass is 225 g/mol. The highest BCUT2D eigenvalue weighted by atomic mass is 32.2. The fourth-order valence-corrected chi connectivity index (χ4v) is 3.12. The molecule has 2 rings (SSSR count). The summed E-state index contributed by atoms with van der Waals surface area (Å²) in [6, 6.07) is 7.39. The summed E-state index contributed by atoms with van der Waals surface area (Å²) in [5, 5.41) is 4.17. The normalized spacial score (nSPS) is 25.7. The molecule has 0 saturated carbocycles. The van der Waals surface area contributed by atoms with Crippen LogP contribution in [0.15, 0.2) is 24.3 Å². The zero-order valence-corrected chi connectivity index (χ0v) is 9.69. The molecule has 0 aromatic heterocycles. The minimum Gasteiger partial charge on any atom is -0.309 e. The minimum atomic E-state index is -0.150. The third-order valence-electron chi connectivity index (χ3n) is 2.83. The van der Waals surface area contributed by atoms with E-state index >= 15 is 0 Å². The van der Waals surface area contributed by atoms with Crippen molar-refractivity contribution in [3.05, 3.63) is 35.6 Å². The Bertz CT molecular complexity index is 329. The lowest BCUT2D eigenvalue weighted by molar-refractivity contribution is 0.511. The molecular weight excluding hydrogens is 209 g/mol. The molecule has 1 heterocycles. The molecule has 0 amide bonds. The first-order valence-corrected chi connectivity index (χ1v) is 6.40. The molecular formula is C12H16FNS. The number of hydrogen-bond donors (Lipinski definition) is 1. The van der Waals surface area contributed by atoms with E-state index in [4.69, 9.17) is 0 Å². The molecule has 1 saturated heterocycles. The molecule has 3 heteroatoms. The molecule has 0 spiro atoms.